The Balaban J connectivity index is 4.57. The van der Waals surface area contributed by atoms with Crippen molar-refractivity contribution in [3.8, 4) is 0 Å². The van der Waals surface area contributed by atoms with Crippen LogP contribution in [0.15, 0.2) is 0 Å². The molecule has 0 fully saturated rings. The molecule has 0 aliphatic heterocycles. The monoisotopic (exact) mass is 488 g/mol. The van der Waals surface area contributed by atoms with E-state index in [1.54, 1.807) is 0 Å². The molecular formula is C19H36O10S2. The first-order chi connectivity index (χ1) is 14.1. The average Bonchev–Trinajstić information content (AvgIpc) is 2.67. The molecule has 0 radical (unpaired) electrons. The van der Waals surface area contributed by atoms with E-state index >= 15 is 0 Å². The fraction of sp³-hybridized carbons (Fsp3) is 0.895. The Bertz CT molecular complexity index is 717. The molecule has 0 aliphatic carbocycles. The molecule has 31 heavy (non-hydrogen) atoms. The highest BCUT2D eigenvalue weighted by molar-refractivity contribution is 7.87. The predicted octanol–water partition coefficient (Wildman–Crippen LogP) is 2.03. The van der Waals surface area contributed by atoms with E-state index in [1.807, 2.05) is 13.8 Å². The second-order valence-electron chi connectivity index (χ2n) is 8.44. The first kappa shape index (κ1) is 29.8. The quantitative estimate of drug-likeness (QED) is 0.234. The van der Waals surface area contributed by atoms with Gasteiger partial charge >= 0.3 is 11.9 Å². The summed E-state index contributed by atoms with van der Waals surface area (Å²) in [5.74, 6) is -2.31. The molecule has 0 saturated heterocycles. The van der Waals surface area contributed by atoms with Crippen molar-refractivity contribution in [1.82, 2.24) is 0 Å². The lowest BCUT2D eigenvalue weighted by atomic mass is 9.95. The van der Waals surface area contributed by atoms with E-state index in [0.717, 1.165) is 0 Å². The van der Waals surface area contributed by atoms with Crippen molar-refractivity contribution in [2.75, 3.05) is 37.9 Å². The van der Waals surface area contributed by atoms with Crippen LogP contribution in [0.3, 0.4) is 0 Å². The molecule has 12 heteroatoms. The van der Waals surface area contributed by atoms with Gasteiger partial charge in [-0.25, -0.2) is 0 Å². The van der Waals surface area contributed by atoms with E-state index in [0.29, 0.717) is 12.8 Å². The molecule has 0 bridgehead atoms. The summed E-state index contributed by atoms with van der Waals surface area (Å²) < 4.78 is 67.9. The van der Waals surface area contributed by atoms with Crippen molar-refractivity contribution in [2.45, 2.75) is 60.8 Å². The molecule has 0 spiro atoms. The minimum Gasteiger partial charge on any atom is -0.465 e. The maximum Gasteiger partial charge on any atom is 0.313 e. The fourth-order valence-corrected chi connectivity index (χ4v) is 4.27. The summed E-state index contributed by atoms with van der Waals surface area (Å²) in [6, 6.07) is 0. The zero-order chi connectivity index (χ0) is 24.3. The summed E-state index contributed by atoms with van der Waals surface area (Å²) in [6.45, 7) is 9.23. The summed E-state index contributed by atoms with van der Waals surface area (Å²) in [5.41, 5.74) is -2.34. The molecular weight excluding hydrogens is 452 g/mol. The van der Waals surface area contributed by atoms with E-state index in [4.69, 9.17) is 17.8 Å². The van der Waals surface area contributed by atoms with Crippen molar-refractivity contribution in [3.63, 3.8) is 0 Å². The van der Waals surface area contributed by atoms with Gasteiger partial charge in [-0.3, -0.25) is 18.0 Å². The van der Waals surface area contributed by atoms with Gasteiger partial charge in [0.1, 0.15) is 0 Å². The van der Waals surface area contributed by atoms with Gasteiger partial charge in [0.15, 0.2) is 0 Å². The Labute approximate surface area is 186 Å². The summed E-state index contributed by atoms with van der Waals surface area (Å²) in [6.07, 6.45) is 0.995. The van der Waals surface area contributed by atoms with Gasteiger partial charge in [-0.05, 0) is 47.0 Å². The average molecular weight is 489 g/mol. The van der Waals surface area contributed by atoms with Crippen LogP contribution >= 0.6 is 0 Å². The van der Waals surface area contributed by atoms with E-state index < -0.39 is 67.7 Å². The first-order valence-electron chi connectivity index (χ1n) is 10.2. The highest BCUT2D eigenvalue weighted by atomic mass is 32.2. The van der Waals surface area contributed by atoms with Crippen LogP contribution in [0, 0.1) is 10.8 Å². The molecule has 0 rings (SSSR count). The Morgan fingerprint density at radius 1 is 0.677 bits per heavy atom. The summed E-state index contributed by atoms with van der Waals surface area (Å²) in [7, 11) is -8.12. The molecule has 0 aliphatic rings. The fourth-order valence-electron chi connectivity index (χ4n) is 1.90. The molecule has 184 valence electrons. The molecule has 0 aromatic carbocycles. The number of ether oxygens (including phenoxy) is 2. The molecule has 0 atom stereocenters. The number of carbonyl (C=O) groups is 2. The molecule has 0 N–H and O–H groups in total. The number of esters is 2. The van der Waals surface area contributed by atoms with Crippen LogP contribution < -0.4 is 0 Å². The molecule has 0 aromatic heterocycles. The SMILES string of the molecule is CCCOC(=O)C(C)(C)COS(=O)(=O)CCCS(=O)(=O)OCC(C)(C)C(=O)OCCC. The number of carbonyl (C=O) groups excluding carboxylic acids is 2. The van der Waals surface area contributed by atoms with Crippen LogP contribution in [0.2, 0.25) is 0 Å². The van der Waals surface area contributed by atoms with Crippen LogP contribution in [-0.2, 0) is 47.7 Å². The van der Waals surface area contributed by atoms with Crippen molar-refractivity contribution >= 4 is 32.2 Å². The Morgan fingerprint density at radius 2 is 1.00 bits per heavy atom. The lowest BCUT2D eigenvalue weighted by molar-refractivity contribution is -0.156. The topological polar surface area (TPSA) is 139 Å². The third-order valence-electron chi connectivity index (χ3n) is 3.97. The van der Waals surface area contributed by atoms with Crippen molar-refractivity contribution in [3.05, 3.63) is 0 Å². The largest absolute Gasteiger partial charge is 0.465 e. The van der Waals surface area contributed by atoms with Gasteiger partial charge in [0.05, 0.1) is 48.8 Å². The zero-order valence-corrected chi connectivity index (χ0v) is 20.9. The molecule has 0 saturated carbocycles. The van der Waals surface area contributed by atoms with Gasteiger partial charge in [0.25, 0.3) is 20.2 Å². The second kappa shape index (κ2) is 12.7. The highest BCUT2D eigenvalue weighted by Gasteiger charge is 2.33. The minimum absolute atomic E-state index is 0.222. The predicted molar refractivity (Wildman–Crippen MR) is 114 cm³/mol. The van der Waals surface area contributed by atoms with Crippen LogP contribution in [0.1, 0.15) is 60.8 Å². The van der Waals surface area contributed by atoms with Crippen LogP contribution in [-0.4, -0.2) is 66.7 Å². The third-order valence-corrected chi connectivity index (χ3v) is 6.50. The van der Waals surface area contributed by atoms with Gasteiger partial charge in [-0.2, -0.15) is 16.8 Å². The lowest BCUT2D eigenvalue weighted by Crippen LogP contribution is -2.34. The van der Waals surface area contributed by atoms with E-state index in [1.165, 1.54) is 27.7 Å². The van der Waals surface area contributed by atoms with Crippen molar-refractivity contribution in [2.24, 2.45) is 10.8 Å². The number of hydrogen-bond acceptors (Lipinski definition) is 10. The Hall–Kier alpha value is -1.24. The van der Waals surface area contributed by atoms with Gasteiger partial charge in [0, 0.05) is 0 Å². The summed E-state index contributed by atoms with van der Waals surface area (Å²) >= 11 is 0. The molecule has 0 aromatic rings. The molecule has 0 unspecified atom stereocenters. The first-order valence-corrected chi connectivity index (χ1v) is 13.3. The standard InChI is InChI=1S/C19H36O10S2/c1-7-10-26-16(20)18(3,4)14-28-30(22,23)12-9-13-31(24,25)29-15-19(5,6)17(21)27-11-8-2/h7-15H2,1-6H3. The Kier molecular flexibility index (Phi) is 12.2. The zero-order valence-electron chi connectivity index (χ0n) is 19.3. The maximum atomic E-state index is 12.0. The van der Waals surface area contributed by atoms with Gasteiger partial charge in [-0.1, -0.05) is 13.8 Å². The van der Waals surface area contributed by atoms with E-state index in [2.05, 4.69) is 0 Å². The molecule has 10 nitrogen and oxygen atoms in total. The third kappa shape index (κ3) is 12.4. The van der Waals surface area contributed by atoms with Crippen LogP contribution in [0.4, 0.5) is 0 Å². The number of hydrogen-bond donors (Lipinski definition) is 0. The van der Waals surface area contributed by atoms with E-state index in [9.17, 15) is 26.4 Å². The van der Waals surface area contributed by atoms with Crippen molar-refractivity contribution < 1.29 is 44.3 Å². The van der Waals surface area contributed by atoms with E-state index in [-0.39, 0.29) is 19.6 Å². The highest BCUT2D eigenvalue weighted by Crippen LogP contribution is 2.21. The van der Waals surface area contributed by atoms with Gasteiger partial charge in [-0.15, -0.1) is 0 Å². The van der Waals surface area contributed by atoms with Crippen LogP contribution in [0.5, 0.6) is 0 Å². The Morgan fingerprint density at radius 3 is 1.29 bits per heavy atom. The molecule has 0 heterocycles. The summed E-state index contributed by atoms with van der Waals surface area (Å²) in [4.78, 5) is 23.8. The normalized spacial score (nSPS) is 13.1. The second-order valence-corrected chi connectivity index (χ2v) is 12.0. The van der Waals surface area contributed by atoms with Crippen LogP contribution in [0.25, 0.3) is 0 Å². The van der Waals surface area contributed by atoms with Crippen molar-refractivity contribution in [1.29, 1.82) is 0 Å². The van der Waals surface area contributed by atoms with Gasteiger partial charge < -0.3 is 9.47 Å². The minimum atomic E-state index is -4.06. The summed E-state index contributed by atoms with van der Waals surface area (Å²) in [5, 5.41) is 0. The lowest BCUT2D eigenvalue weighted by Gasteiger charge is -2.22. The number of rotatable bonds is 16. The van der Waals surface area contributed by atoms with Gasteiger partial charge in [0.2, 0.25) is 0 Å². The smallest absolute Gasteiger partial charge is 0.313 e. The maximum absolute atomic E-state index is 12.0. The molecule has 0 amide bonds.